The monoisotopic (exact) mass is 273 g/mol. The normalized spacial score (nSPS) is 10.0. The third-order valence-corrected chi connectivity index (χ3v) is 2.51. The Bertz CT molecular complexity index is 668. The Morgan fingerprint density at radius 1 is 1.15 bits per heavy atom. The molecule has 1 heterocycles. The molecule has 0 radical (unpaired) electrons. The van der Waals surface area contributed by atoms with Crippen molar-refractivity contribution in [2.24, 2.45) is 5.73 Å². The van der Waals surface area contributed by atoms with E-state index in [4.69, 9.17) is 10.8 Å². The smallest absolute Gasteiger partial charge is 0.274 e. The molecule has 7 nitrogen and oxygen atoms in total. The Morgan fingerprint density at radius 3 is 2.45 bits per heavy atom. The first-order valence-corrected chi connectivity index (χ1v) is 5.56. The summed E-state index contributed by atoms with van der Waals surface area (Å²) in [5, 5.41) is 21.1. The van der Waals surface area contributed by atoms with Gasteiger partial charge in [0.05, 0.1) is 11.3 Å². The number of phenols is 2. The number of nitrogens with zero attached hydrogens (tertiary/aromatic N) is 1. The molecule has 0 fully saturated rings. The molecule has 1 aromatic heterocycles. The zero-order chi connectivity index (χ0) is 14.7. The van der Waals surface area contributed by atoms with Crippen molar-refractivity contribution >= 4 is 17.5 Å². The number of carbonyl (C=O) groups excluding carboxylic acids is 2. The number of hydrogen-bond donors (Lipinski definition) is 4. The summed E-state index contributed by atoms with van der Waals surface area (Å²) in [6, 6.07) is 6.48. The number of phenolic OH excluding ortho intramolecular Hbond substituents is 2. The number of anilines is 1. The van der Waals surface area contributed by atoms with Gasteiger partial charge >= 0.3 is 0 Å². The highest BCUT2D eigenvalue weighted by atomic mass is 16.3. The lowest BCUT2D eigenvalue weighted by atomic mass is 10.2. The van der Waals surface area contributed by atoms with Gasteiger partial charge in [-0.05, 0) is 24.3 Å². The molecule has 0 bridgehead atoms. The number of hydrogen-bond acceptors (Lipinski definition) is 5. The highest BCUT2D eigenvalue weighted by Crippen LogP contribution is 2.27. The maximum atomic E-state index is 11.9. The number of amides is 2. The Labute approximate surface area is 113 Å². The summed E-state index contributed by atoms with van der Waals surface area (Å²) in [5.74, 6) is -1.60. The van der Waals surface area contributed by atoms with Crippen LogP contribution in [0.15, 0.2) is 36.5 Å². The number of rotatable bonds is 3. The number of benzene rings is 1. The van der Waals surface area contributed by atoms with E-state index in [0.717, 1.165) is 6.07 Å². The molecule has 0 saturated carbocycles. The standard InChI is InChI=1S/C13H11N3O4/c14-12(19)7-1-3-10(15-6-7)13(20)16-9-4-2-8(17)5-11(9)18/h1-6,17-18H,(H2,14,19)(H,16,20). The molecule has 0 aliphatic heterocycles. The highest BCUT2D eigenvalue weighted by Gasteiger charge is 2.11. The van der Waals surface area contributed by atoms with Gasteiger partial charge in [-0.1, -0.05) is 0 Å². The van der Waals surface area contributed by atoms with Gasteiger partial charge in [-0.2, -0.15) is 0 Å². The van der Waals surface area contributed by atoms with Crippen molar-refractivity contribution in [3.63, 3.8) is 0 Å². The summed E-state index contributed by atoms with van der Waals surface area (Å²) < 4.78 is 0. The first kappa shape index (κ1) is 13.3. The fraction of sp³-hybridized carbons (Fsp3) is 0. The molecule has 0 aliphatic rings. The summed E-state index contributed by atoms with van der Waals surface area (Å²) >= 11 is 0. The average Bonchev–Trinajstić information content (AvgIpc) is 2.42. The van der Waals surface area contributed by atoms with E-state index in [1.165, 1.54) is 30.5 Å². The fourth-order valence-electron chi connectivity index (χ4n) is 1.49. The van der Waals surface area contributed by atoms with Crippen LogP contribution in [0.2, 0.25) is 0 Å². The molecular formula is C13H11N3O4. The maximum Gasteiger partial charge on any atom is 0.274 e. The van der Waals surface area contributed by atoms with Crippen LogP contribution in [0.25, 0.3) is 0 Å². The van der Waals surface area contributed by atoms with Gasteiger partial charge in [0.1, 0.15) is 17.2 Å². The van der Waals surface area contributed by atoms with Gasteiger partial charge in [-0.3, -0.25) is 14.6 Å². The molecule has 2 amide bonds. The van der Waals surface area contributed by atoms with Gasteiger partial charge in [0, 0.05) is 12.3 Å². The number of nitrogens with two attached hydrogens (primary N) is 1. The average molecular weight is 273 g/mol. The second-order valence-corrected chi connectivity index (χ2v) is 3.95. The van der Waals surface area contributed by atoms with Crippen molar-refractivity contribution in [2.45, 2.75) is 0 Å². The second kappa shape index (κ2) is 5.27. The SMILES string of the molecule is NC(=O)c1ccc(C(=O)Nc2ccc(O)cc2O)nc1. The third kappa shape index (κ3) is 2.83. The molecule has 0 unspecified atom stereocenters. The van der Waals surface area contributed by atoms with Crippen LogP contribution in [0.3, 0.4) is 0 Å². The van der Waals surface area contributed by atoms with E-state index in [2.05, 4.69) is 10.3 Å². The van der Waals surface area contributed by atoms with E-state index in [9.17, 15) is 14.7 Å². The summed E-state index contributed by atoms with van der Waals surface area (Å²) in [4.78, 5) is 26.5. The summed E-state index contributed by atoms with van der Waals surface area (Å²) in [6.45, 7) is 0. The molecule has 20 heavy (non-hydrogen) atoms. The zero-order valence-electron chi connectivity index (χ0n) is 10.2. The van der Waals surface area contributed by atoms with Crippen LogP contribution in [-0.2, 0) is 0 Å². The number of aromatic nitrogens is 1. The second-order valence-electron chi connectivity index (χ2n) is 3.95. The van der Waals surface area contributed by atoms with Crippen LogP contribution < -0.4 is 11.1 Å². The zero-order valence-corrected chi connectivity index (χ0v) is 10.2. The molecule has 2 rings (SSSR count). The van der Waals surface area contributed by atoms with Crippen LogP contribution >= 0.6 is 0 Å². The summed E-state index contributed by atoms with van der Waals surface area (Å²) in [6.07, 6.45) is 1.19. The minimum atomic E-state index is -0.638. The van der Waals surface area contributed by atoms with Crippen LogP contribution in [0.4, 0.5) is 5.69 Å². The predicted octanol–water partition coefficient (Wildman–Crippen LogP) is 0.844. The first-order chi connectivity index (χ1) is 9.47. The molecule has 1 aromatic carbocycles. The molecule has 2 aromatic rings. The van der Waals surface area contributed by atoms with E-state index in [-0.39, 0.29) is 28.4 Å². The maximum absolute atomic E-state index is 11.9. The van der Waals surface area contributed by atoms with E-state index in [1.54, 1.807) is 0 Å². The minimum Gasteiger partial charge on any atom is -0.508 e. The lowest BCUT2D eigenvalue weighted by Gasteiger charge is -2.07. The fourth-order valence-corrected chi connectivity index (χ4v) is 1.49. The van der Waals surface area contributed by atoms with E-state index >= 15 is 0 Å². The van der Waals surface area contributed by atoms with Crippen LogP contribution in [0, 0.1) is 0 Å². The lowest BCUT2D eigenvalue weighted by Crippen LogP contribution is -2.16. The van der Waals surface area contributed by atoms with Gasteiger partial charge in [0.15, 0.2) is 0 Å². The van der Waals surface area contributed by atoms with Gasteiger partial charge in [-0.15, -0.1) is 0 Å². The summed E-state index contributed by atoms with van der Waals surface area (Å²) in [7, 11) is 0. The van der Waals surface area contributed by atoms with Gasteiger partial charge in [-0.25, -0.2) is 0 Å². The van der Waals surface area contributed by atoms with Crippen molar-refractivity contribution in [3.05, 3.63) is 47.8 Å². The quantitative estimate of drug-likeness (QED) is 0.487. The van der Waals surface area contributed by atoms with Crippen LogP contribution in [0.1, 0.15) is 20.8 Å². The van der Waals surface area contributed by atoms with E-state index in [1.807, 2.05) is 0 Å². The molecule has 0 aliphatic carbocycles. The molecule has 0 atom stereocenters. The largest absolute Gasteiger partial charge is 0.508 e. The third-order valence-electron chi connectivity index (χ3n) is 2.51. The van der Waals surface area contributed by atoms with Crippen molar-refractivity contribution in [3.8, 4) is 11.5 Å². The Balaban J connectivity index is 2.17. The number of aromatic hydroxyl groups is 2. The summed E-state index contributed by atoms with van der Waals surface area (Å²) in [5.41, 5.74) is 5.44. The predicted molar refractivity (Wildman–Crippen MR) is 70.5 cm³/mol. The molecule has 0 spiro atoms. The number of nitrogens with one attached hydrogen (secondary N) is 1. The van der Waals surface area contributed by atoms with Crippen molar-refractivity contribution in [1.29, 1.82) is 0 Å². The van der Waals surface area contributed by atoms with E-state index < -0.39 is 11.8 Å². The molecule has 5 N–H and O–H groups in total. The minimum absolute atomic E-state index is 0.0578. The number of carbonyl (C=O) groups is 2. The van der Waals surface area contributed by atoms with Gasteiger partial charge in [0.2, 0.25) is 5.91 Å². The first-order valence-electron chi connectivity index (χ1n) is 5.56. The topological polar surface area (TPSA) is 126 Å². The molecule has 102 valence electrons. The molecule has 7 heteroatoms. The van der Waals surface area contributed by atoms with Crippen LogP contribution in [-0.4, -0.2) is 27.0 Å². The van der Waals surface area contributed by atoms with Gasteiger partial charge < -0.3 is 21.3 Å². The van der Waals surface area contributed by atoms with Crippen molar-refractivity contribution < 1.29 is 19.8 Å². The van der Waals surface area contributed by atoms with Crippen molar-refractivity contribution in [2.75, 3.05) is 5.32 Å². The number of pyridine rings is 1. The van der Waals surface area contributed by atoms with Crippen molar-refractivity contribution in [1.82, 2.24) is 4.98 Å². The van der Waals surface area contributed by atoms with Gasteiger partial charge in [0.25, 0.3) is 5.91 Å². The Kier molecular flexibility index (Phi) is 3.52. The van der Waals surface area contributed by atoms with Crippen LogP contribution in [0.5, 0.6) is 11.5 Å². The number of primary amides is 1. The van der Waals surface area contributed by atoms with E-state index in [0.29, 0.717) is 0 Å². The Hall–Kier alpha value is -3.09. The molecule has 0 saturated heterocycles. The molecular weight excluding hydrogens is 262 g/mol. The highest BCUT2D eigenvalue weighted by molar-refractivity contribution is 6.04. The lowest BCUT2D eigenvalue weighted by molar-refractivity contribution is 0.0993. The Morgan fingerprint density at radius 2 is 1.90 bits per heavy atom.